The van der Waals surface area contributed by atoms with Crippen LogP contribution in [0.25, 0.3) is 0 Å². The Labute approximate surface area is 146 Å². The van der Waals surface area contributed by atoms with E-state index in [4.69, 9.17) is 0 Å². The highest BCUT2D eigenvalue weighted by Crippen LogP contribution is 2.32. The monoisotopic (exact) mass is 392 g/mol. The summed E-state index contributed by atoms with van der Waals surface area (Å²) in [5.41, 5.74) is 1.32. The number of nitro groups is 1. The lowest BCUT2D eigenvalue weighted by atomic mass is 10.0. The maximum atomic E-state index is 14.0. The Hall–Kier alpha value is -2.28. The molecule has 0 spiro atoms. The van der Waals surface area contributed by atoms with Gasteiger partial charge >= 0.3 is 0 Å². The van der Waals surface area contributed by atoms with Crippen LogP contribution in [0.2, 0.25) is 0 Å². The molecule has 0 aliphatic carbocycles. The predicted octanol–water partition coefficient (Wildman–Crippen LogP) is 4.40. The molecule has 0 radical (unpaired) electrons. The second kappa shape index (κ2) is 6.32. The van der Waals surface area contributed by atoms with Gasteiger partial charge in [0.2, 0.25) is 0 Å². The zero-order valence-corrected chi connectivity index (χ0v) is 14.5. The van der Waals surface area contributed by atoms with Gasteiger partial charge in [-0.25, -0.2) is 4.39 Å². The highest BCUT2D eigenvalue weighted by Gasteiger charge is 2.26. The van der Waals surface area contributed by atoms with Crippen LogP contribution < -0.4 is 4.90 Å². The minimum atomic E-state index is -0.749. The average Bonchev–Trinajstić information content (AvgIpc) is 2.55. The number of anilines is 1. The lowest BCUT2D eigenvalue weighted by Gasteiger charge is -2.29. The van der Waals surface area contributed by atoms with E-state index in [1.54, 1.807) is 4.90 Å². The Morgan fingerprint density at radius 1 is 1.33 bits per heavy atom. The van der Waals surface area contributed by atoms with Crippen LogP contribution in [0.4, 0.5) is 15.8 Å². The Morgan fingerprint density at radius 2 is 2.08 bits per heavy atom. The summed E-state index contributed by atoms with van der Waals surface area (Å²) in [5, 5.41) is 11.1. The molecule has 0 saturated heterocycles. The Balaban J connectivity index is 2.04. The van der Waals surface area contributed by atoms with Crippen LogP contribution in [0.3, 0.4) is 0 Å². The predicted molar refractivity (Wildman–Crippen MR) is 91.9 cm³/mol. The molecule has 0 aromatic heterocycles. The molecule has 7 heteroatoms. The molecule has 0 fully saturated rings. The third kappa shape index (κ3) is 2.91. The number of aryl methyl sites for hydroxylation is 1. The lowest BCUT2D eigenvalue weighted by Crippen LogP contribution is -2.35. The molecule has 2 aromatic carbocycles. The van der Waals surface area contributed by atoms with Gasteiger partial charge in [0.15, 0.2) is 0 Å². The summed E-state index contributed by atoms with van der Waals surface area (Å²) in [6, 6.07) is 7.83. The second-order valence-electron chi connectivity index (χ2n) is 5.69. The average molecular weight is 393 g/mol. The number of nitro benzene ring substituents is 1. The van der Waals surface area contributed by atoms with Crippen molar-refractivity contribution in [2.45, 2.75) is 19.8 Å². The first-order valence-corrected chi connectivity index (χ1v) is 8.22. The van der Waals surface area contributed by atoms with Gasteiger partial charge in [-0.3, -0.25) is 14.9 Å². The largest absolute Gasteiger partial charge is 0.308 e. The second-order valence-corrected chi connectivity index (χ2v) is 6.61. The number of halogens is 2. The SMILES string of the molecule is Cc1c(F)cc(C(=O)N2CCCc3cc(Br)ccc32)cc1[N+](=O)[O-]. The standard InChI is InChI=1S/C17H14BrFN2O3/c1-10-14(19)8-12(9-16(10)21(23)24)17(22)20-6-2-3-11-7-13(18)4-5-15(11)20/h4-5,7-9H,2-3,6H2,1H3. The fourth-order valence-electron chi connectivity index (χ4n) is 2.91. The van der Waals surface area contributed by atoms with Crippen molar-refractivity contribution in [2.75, 3.05) is 11.4 Å². The van der Waals surface area contributed by atoms with E-state index in [0.717, 1.165) is 40.7 Å². The first-order chi connectivity index (χ1) is 11.4. The van der Waals surface area contributed by atoms with E-state index in [0.29, 0.717) is 6.54 Å². The molecule has 3 rings (SSSR count). The summed E-state index contributed by atoms with van der Waals surface area (Å²) in [5.74, 6) is -1.18. The molecule has 2 aromatic rings. The van der Waals surface area contributed by atoms with E-state index < -0.39 is 16.6 Å². The highest BCUT2D eigenvalue weighted by atomic mass is 79.9. The van der Waals surface area contributed by atoms with Gasteiger partial charge in [0, 0.05) is 28.3 Å². The Bertz CT molecular complexity index is 854. The third-order valence-electron chi connectivity index (χ3n) is 4.17. The van der Waals surface area contributed by atoms with E-state index in [1.165, 1.54) is 6.92 Å². The molecular weight excluding hydrogens is 379 g/mol. The fourth-order valence-corrected chi connectivity index (χ4v) is 3.32. The van der Waals surface area contributed by atoms with E-state index >= 15 is 0 Å². The number of nitrogens with zero attached hydrogens (tertiary/aromatic N) is 2. The van der Waals surface area contributed by atoms with Crippen LogP contribution in [0.5, 0.6) is 0 Å². The molecule has 0 atom stereocenters. The molecule has 1 amide bonds. The van der Waals surface area contributed by atoms with E-state index in [2.05, 4.69) is 15.9 Å². The molecule has 1 aliphatic heterocycles. The molecule has 0 bridgehead atoms. The number of rotatable bonds is 2. The number of amides is 1. The zero-order valence-electron chi connectivity index (χ0n) is 12.9. The minimum Gasteiger partial charge on any atom is -0.308 e. The van der Waals surface area contributed by atoms with Crippen LogP contribution in [0, 0.1) is 22.9 Å². The van der Waals surface area contributed by atoms with Gasteiger partial charge in [-0.15, -0.1) is 0 Å². The summed E-state index contributed by atoms with van der Waals surface area (Å²) in [6.07, 6.45) is 1.63. The quantitative estimate of drug-likeness (QED) is 0.561. The van der Waals surface area contributed by atoms with Crippen molar-refractivity contribution < 1.29 is 14.1 Å². The van der Waals surface area contributed by atoms with Gasteiger partial charge in [0.1, 0.15) is 5.82 Å². The van der Waals surface area contributed by atoms with Crippen molar-refractivity contribution >= 4 is 33.2 Å². The van der Waals surface area contributed by atoms with Crippen LogP contribution in [0.15, 0.2) is 34.8 Å². The Morgan fingerprint density at radius 3 is 2.79 bits per heavy atom. The molecule has 5 nitrogen and oxygen atoms in total. The summed E-state index contributed by atoms with van der Waals surface area (Å²) >= 11 is 3.41. The normalized spacial score (nSPS) is 13.5. The molecule has 1 heterocycles. The fraction of sp³-hybridized carbons (Fsp3) is 0.235. The first kappa shape index (κ1) is 16.6. The third-order valence-corrected chi connectivity index (χ3v) is 4.66. The van der Waals surface area contributed by atoms with E-state index in [1.807, 2.05) is 18.2 Å². The van der Waals surface area contributed by atoms with Gasteiger partial charge in [0.05, 0.1) is 10.5 Å². The number of fused-ring (bicyclic) bond motifs is 1. The van der Waals surface area contributed by atoms with E-state index in [9.17, 15) is 19.3 Å². The van der Waals surface area contributed by atoms with Crippen LogP contribution >= 0.6 is 15.9 Å². The van der Waals surface area contributed by atoms with Gasteiger partial charge in [-0.2, -0.15) is 0 Å². The molecular formula is C17H14BrFN2O3. The molecule has 0 saturated carbocycles. The van der Waals surface area contributed by atoms with Gasteiger partial charge in [0.25, 0.3) is 11.6 Å². The molecule has 1 aliphatic rings. The number of benzene rings is 2. The summed E-state index contributed by atoms with van der Waals surface area (Å²) < 4.78 is 14.9. The molecule has 124 valence electrons. The number of hydrogen-bond acceptors (Lipinski definition) is 3. The van der Waals surface area contributed by atoms with Crippen molar-refractivity contribution in [3.05, 3.63) is 67.4 Å². The number of carbonyl (C=O) groups excluding carboxylic acids is 1. The van der Waals surface area contributed by atoms with Crippen LogP contribution in [-0.4, -0.2) is 17.4 Å². The smallest absolute Gasteiger partial charge is 0.276 e. The molecule has 0 N–H and O–H groups in total. The topological polar surface area (TPSA) is 63.5 Å². The van der Waals surface area contributed by atoms with E-state index in [-0.39, 0.29) is 16.8 Å². The minimum absolute atomic E-state index is 0.0134. The number of carbonyl (C=O) groups is 1. The first-order valence-electron chi connectivity index (χ1n) is 7.43. The summed E-state index contributed by atoms with van der Waals surface area (Å²) in [6.45, 7) is 1.83. The van der Waals surface area contributed by atoms with Crippen molar-refractivity contribution in [2.24, 2.45) is 0 Å². The van der Waals surface area contributed by atoms with Crippen LogP contribution in [-0.2, 0) is 6.42 Å². The van der Waals surface area contributed by atoms with Crippen molar-refractivity contribution in [3.8, 4) is 0 Å². The summed E-state index contributed by atoms with van der Waals surface area (Å²) in [7, 11) is 0. The van der Waals surface area contributed by atoms with Crippen LogP contribution in [0.1, 0.15) is 27.9 Å². The number of hydrogen-bond donors (Lipinski definition) is 0. The maximum Gasteiger partial charge on any atom is 0.276 e. The Kier molecular flexibility index (Phi) is 4.36. The zero-order chi connectivity index (χ0) is 17.4. The maximum absolute atomic E-state index is 14.0. The van der Waals surface area contributed by atoms with Crippen molar-refractivity contribution in [1.29, 1.82) is 0 Å². The molecule has 24 heavy (non-hydrogen) atoms. The molecule has 0 unspecified atom stereocenters. The summed E-state index contributed by atoms with van der Waals surface area (Å²) in [4.78, 5) is 24.8. The lowest BCUT2D eigenvalue weighted by molar-refractivity contribution is -0.385. The van der Waals surface area contributed by atoms with Gasteiger partial charge < -0.3 is 4.90 Å². The van der Waals surface area contributed by atoms with Crippen molar-refractivity contribution in [3.63, 3.8) is 0 Å². The van der Waals surface area contributed by atoms with Gasteiger partial charge in [-0.1, -0.05) is 15.9 Å². The highest BCUT2D eigenvalue weighted by molar-refractivity contribution is 9.10. The van der Waals surface area contributed by atoms with Crippen molar-refractivity contribution in [1.82, 2.24) is 0 Å². The van der Waals surface area contributed by atoms with Gasteiger partial charge in [-0.05, 0) is 49.6 Å².